The molecule has 2 aromatic heterocycles. The van der Waals surface area contributed by atoms with Gasteiger partial charge in [-0.2, -0.15) is 0 Å². The van der Waals surface area contributed by atoms with Gasteiger partial charge in [-0.1, -0.05) is 11.6 Å². The van der Waals surface area contributed by atoms with E-state index in [4.69, 9.17) is 16.7 Å². The van der Waals surface area contributed by atoms with Crippen LogP contribution in [0, 0.1) is 17.5 Å². The Bertz CT molecular complexity index is 737. The fraction of sp³-hybridized carbons (Fsp3) is 0.133. The van der Waals surface area contributed by atoms with E-state index in [9.17, 15) is 0 Å². The molecule has 0 atom stereocenters. The Morgan fingerprint density at radius 3 is 2.20 bits per heavy atom. The maximum atomic E-state index is 5.93. The summed E-state index contributed by atoms with van der Waals surface area (Å²) in [6.07, 6.45) is 0. The molecular weight excluding hydrogens is 385 g/mol. The lowest BCUT2D eigenvalue weighted by atomic mass is 10.3. The van der Waals surface area contributed by atoms with Gasteiger partial charge < -0.3 is 4.57 Å². The maximum Gasteiger partial charge on any atom is 0.160 e. The molecule has 1 aromatic carbocycles. The Labute approximate surface area is 136 Å². The Morgan fingerprint density at radius 1 is 1.00 bits per heavy atom. The van der Waals surface area contributed by atoms with Crippen molar-refractivity contribution in [2.45, 2.75) is 13.8 Å². The van der Waals surface area contributed by atoms with Crippen LogP contribution in [0.15, 0.2) is 42.5 Å². The molecule has 20 heavy (non-hydrogen) atoms. The smallest absolute Gasteiger partial charge is 0.160 e. The highest BCUT2D eigenvalue weighted by atomic mass is 127. The fourth-order valence-electron chi connectivity index (χ4n) is 2.25. The quantitative estimate of drug-likeness (QED) is 0.582. The number of hydrogen-bond donors (Lipinski definition) is 0. The lowest BCUT2D eigenvalue weighted by Gasteiger charge is -2.05. The summed E-state index contributed by atoms with van der Waals surface area (Å²) in [7, 11) is 0. The molecule has 0 spiro atoms. The monoisotopic (exact) mass is 397 g/mol. The zero-order valence-corrected chi connectivity index (χ0v) is 14.1. The van der Waals surface area contributed by atoms with E-state index < -0.39 is 0 Å². The summed E-state index contributed by atoms with van der Waals surface area (Å²) < 4.78 is 5.13. The van der Waals surface area contributed by atoms with E-state index in [0.717, 1.165) is 20.2 Å². The van der Waals surface area contributed by atoms with Gasteiger partial charge in [0.1, 0.15) is 3.70 Å². The molecule has 0 saturated heterocycles. The van der Waals surface area contributed by atoms with Gasteiger partial charge in [0.25, 0.3) is 0 Å². The summed E-state index contributed by atoms with van der Waals surface area (Å²) >= 11 is 8.23. The zero-order chi connectivity index (χ0) is 14.3. The van der Waals surface area contributed by atoms with E-state index in [-0.39, 0.29) is 0 Å². The van der Waals surface area contributed by atoms with Gasteiger partial charge in [0, 0.05) is 22.5 Å². The van der Waals surface area contributed by atoms with Crippen LogP contribution in [-0.4, -0.2) is 14.3 Å². The minimum atomic E-state index is 0.730. The van der Waals surface area contributed by atoms with Gasteiger partial charge in [0.05, 0.1) is 5.69 Å². The summed E-state index contributed by atoms with van der Waals surface area (Å²) in [5.74, 6) is 0.935. The molecule has 0 aliphatic rings. The molecule has 0 radical (unpaired) electrons. The number of halogens is 2. The SMILES string of the molecule is Cc1ccc(C)n1-c1cc(I)n(-c2ccc(Cl)cc2)n1. The molecule has 2 heterocycles. The van der Waals surface area contributed by atoms with Gasteiger partial charge in [0.2, 0.25) is 0 Å². The molecule has 0 amide bonds. The highest BCUT2D eigenvalue weighted by molar-refractivity contribution is 14.1. The standard InChI is InChI=1S/C15H13ClIN3/c1-10-3-4-11(2)19(10)15-9-14(17)20(18-15)13-7-5-12(16)6-8-13/h3-9H,1-2H3. The second-order valence-electron chi connectivity index (χ2n) is 4.66. The fourth-order valence-corrected chi connectivity index (χ4v) is 3.04. The molecule has 0 aliphatic carbocycles. The van der Waals surface area contributed by atoms with Crippen molar-refractivity contribution in [3.05, 3.63) is 62.6 Å². The number of benzene rings is 1. The summed E-state index contributed by atoms with van der Waals surface area (Å²) in [5.41, 5.74) is 3.37. The Balaban J connectivity index is 2.10. The zero-order valence-electron chi connectivity index (χ0n) is 11.1. The van der Waals surface area contributed by atoms with E-state index in [2.05, 4.69) is 59.2 Å². The van der Waals surface area contributed by atoms with Crippen molar-refractivity contribution in [2.75, 3.05) is 0 Å². The van der Waals surface area contributed by atoms with Crippen molar-refractivity contribution in [3.63, 3.8) is 0 Å². The van der Waals surface area contributed by atoms with E-state index >= 15 is 0 Å². The number of rotatable bonds is 2. The topological polar surface area (TPSA) is 22.8 Å². The largest absolute Gasteiger partial charge is 0.302 e. The number of aromatic nitrogens is 3. The number of nitrogens with zero attached hydrogens (tertiary/aromatic N) is 3. The van der Waals surface area contributed by atoms with Gasteiger partial charge in [-0.15, -0.1) is 5.10 Å². The van der Waals surface area contributed by atoms with Crippen LogP contribution in [0.1, 0.15) is 11.4 Å². The first-order valence-electron chi connectivity index (χ1n) is 6.23. The lowest BCUT2D eigenvalue weighted by Crippen LogP contribution is -2.02. The summed E-state index contributed by atoms with van der Waals surface area (Å²) in [6, 6.07) is 14.0. The average Bonchev–Trinajstić information content (AvgIpc) is 2.94. The summed E-state index contributed by atoms with van der Waals surface area (Å²) in [6.45, 7) is 4.17. The van der Waals surface area contributed by atoms with Crippen LogP contribution in [0.4, 0.5) is 0 Å². The first-order chi connectivity index (χ1) is 9.56. The van der Waals surface area contributed by atoms with Gasteiger partial charge in [-0.3, -0.25) is 0 Å². The molecule has 3 rings (SSSR count). The Hall–Kier alpha value is -1.27. The first kappa shape index (κ1) is 13.7. The first-order valence-corrected chi connectivity index (χ1v) is 7.69. The lowest BCUT2D eigenvalue weighted by molar-refractivity contribution is 0.816. The number of hydrogen-bond acceptors (Lipinski definition) is 1. The van der Waals surface area contributed by atoms with Crippen LogP contribution >= 0.6 is 34.2 Å². The predicted molar refractivity (Wildman–Crippen MR) is 90.1 cm³/mol. The van der Waals surface area contributed by atoms with Crippen LogP contribution in [0.25, 0.3) is 11.5 Å². The third-order valence-electron chi connectivity index (χ3n) is 3.22. The third kappa shape index (κ3) is 2.38. The minimum absolute atomic E-state index is 0.730. The second kappa shape index (κ2) is 5.26. The summed E-state index contributed by atoms with van der Waals surface area (Å²) in [4.78, 5) is 0. The molecule has 0 saturated carbocycles. The molecule has 0 bridgehead atoms. The normalized spacial score (nSPS) is 11.0. The highest BCUT2D eigenvalue weighted by Gasteiger charge is 2.11. The molecule has 0 aliphatic heterocycles. The Kier molecular flexibility index (Phi) is 3.60. The molecular formula is C15H13ClIN3. The van der Waals surface area contributed by atoms with Crippen molar-refractivity contribution >= 4 is 34.2 Å². The molecule has 0 unspecified atom stereocenters. The Morgan fingerprint density at radius 2 is 1.60 bits per heavy atom. The molecule has 3 aromatic rings. The minimum Gasteiger partial charge on any atom is -0.302 e. The molecule has 0 fully saturated rings. The molecule has 5 heteroatoms. The van der Waals surface area contributed by atoms with E-state index in [1.807, 2.05) is 28.9 Å². The van der Waals surface area contributed by atoms with Crippen LogP contribution < -0.4 is 0 Å². The molecule has 102 valence electrons. The van der Waals surface area contributed by atoms with Crippen molar-refractivity contribution in [3.8, 4) is 11.5 Å². The van der Waals surface area contributed by atoms with Gasteiger partial charge >= 0.3 is 0 Å². The van der Waals surface area contributed by atoms with Crippen molar-refractivity contribution in [2.24, 2.45) is 0 Å². The van der Waals surface area contributed by atoms with Crippen molar-refractivity contribution in [1.29, 1.82) is 0 Å². The van der Waals surface area contributed by atoms with Crippen LogP contribution in [-0.2, 0) is 0 Å². The van der Waals surface area contributed by atoms with Gasteiger partial charge in [-0.05, 0) is 72.8 Å². The van der Waals surface area contributed by atoms with Crippen LogP contribution in [0.3, 0.4) is 0 Å². The predicted octanol–water partition coefficient (Wildman–Crippen LogP) is 4.54. The third-order valence-corrected chi connectivity index (χ3v) is 4.24. The van der Waals surface area contributed by atoms with Crippen LogP contribution in [0.2, 0.25) is 5.02 Å². The molecule has 0 N–H and O–H groups in total. The second-order valence-corrected chi connectivity index (χ2v) is 6.21. The number of aryl methyl sites for hydroxylation is 2. The van der Waals surface area contributed by atoms with Gasteiger partial charge in [0.15, 0.2) is 5.82 Å². The average molecular weight is 398 g/mol. The van der Waals surface area contributed by atoms with Crippen LogP contribution in [0.5, 0.6) is 0 Å². The highest BCUT2D eigenvalue weighted by Crippen LogP contribution is 2.21. The van der Waals surface area contributed by atoms with E-state index in [1.165, 1.54) is 11.4 Å². The van der Waals surface area contributed by atoms with Crippen molar-refractivity contribution in [1.82, 2.24) is 14.3 Å². The molecule has 3 nitrogen and oxygen atoms in total. The van der Waals surface area contributed by atoms with E-state index in [1.54, 1.807) is 0 Å². The van der Waals surface area contributed by atoms with E-state index in [0.29, 0.717) is 0 Å². The maximum absolute atomic E-state index is 5.93. The summed E-state index contributed by atoms with van der Waals surface area (Å²) in [5, 5.41) is 5.43. The van der Waals surface area contributed by atoms with Gasteiger partial charge in [-0.25, -0.2) is 4.68 Å². The van der Waals surface area contributed by atoms with Crippen molar-refractivity contribution < 1.29 is 0 Å².